The highest BCUT2D eigenvalue weighted by molar-refractivity contribution is 5.76. The highest BCUT2D eigenvalue weighted by atomic mass is 19.4. The Kier molecular flexibility index (Phi) is 9.17. The van der Waals surface area contributed by atoms with Gasteiger partial charge in [-0.25, -0.2) is 9.18 Å². The third-order valence-electron chi connectivity index (χ3n) is 6.78. The lowest BCUT2D eigenvalue weighted by molar-refractivity contribution is -0.274. The van der Waals surface area contributed by atoms with Crippen LogP contribution in [0.25, 0.3) is 0 Å². The van der Waals surface area contributed by atoms with Crippen molar-refractivity contribution in [3.05, 3.63) is 95.3 Å². The first-order valence-electron chi connectivity index (χ1n) is 12.9. The van der Waals surface area contributed by atoms with Gasteiger partial charge in [0, 0.05) is 18.5 Å². The SMILES string of the molecule is O=C(NC1CCCC1)NC(Cc1ccccc1)(c1ccc(OC(F)(F)F)cc1)c1cc(F)cc(OC(F)(F)C(F)F)c1. The number of alkyl halides is 7. The summed E-state index contributed by atoms with van der Waals surface area (Å²) in [5.74, 6) is -2.70. The molecule has 5 nitrogen and oxygen atoms in total. The van der Waals surface area contributed by atoms with E-state index in [1.807, 2.05) is 0 Å². The first kappa shape index (κ1) is 30.9. The average Bonchev–Trinajstić information content (AvgIpc) is 3.40. The maximum Gasteiger partial charge on any atom is 0.573 e. The lowest BCUT2D eigenvalue weighted by atomic mass is 9.77. The fourth-order valence-electron chi connectivity index (χ4n) is 4.96. The Bertz CT molecular complexity index is 1350. The van der Waals surface area contributed by atoms with Crippen LogP contribution in [-0.2, 0) is 12.0 Å². The first-order chi connectivity index (χ1) is 19.8. The Morgan fingerprint density at radius 1 is 0.833 bits per heavy atom. The average molecular weight is 603 g/mol. The van der Waals surface area contributed by atoms with Crippen molar-refractivity contribution in [2.45, 2.75) is 62.6 Å². The minimum Gasteiger partial charge on any atom is -0.428 e. The molecule has 0 aliphatic heterocycles. The number of carbonyl (C=O) groups is 1. The molecule has 2 amide bonds. The largest absolute Gasteiger partial charge is 0.573 e. The van der Waals surface area contributed by atoms with Crippen molar-refractivity contribution in [2.75, 3.05) is 0 Å². The van der Waals surface area contributed by atoms with E-state index in [0.717, 1.165) is 37.1 Å². The summed E-state index contributed by atoms with van der Waals surface area (Å²) in [4.78, 5) is 13.4. The van der Waals surface area contributed by atoms with Crippen LogP contribution in [0.15, 0.2) is 72.8 Å². The highest BCUT2D eigenvalue weighted by Gasteiger charge is 2.45. The third-order valence-corrected chi connectivity index (χ3v) is 6.78. The fraction of sp³-hybridized carbons (Fsp3) is 0.345. The predicted molar refractivity (Wildman–Crippen MR) is 136 cm³/mol. The molecular formula is C29H26F8N2O3. The number of urea groups is 1. The zero-order chi connectivity index (χ0) is 30.5. The van der Waals surface area contributed by atoms with Crippen LogP contribution in [0.4, 0.5) is 39.9 Å². The van der Waals surface area contributed by atoms with E-state index >= 15 is 0 Å². The van der Waals surface area contributed by atoms with Crippen molar-refractivity contribution in [3.8, 4) is 11.5 Å². The van der Waals surface area contributed by atoms with E-state index in [4.69, 9.17) is 0 Å². The molecule has 0 heterocycles. The molecule has 1 saturated carbocycles. The second-order valence-electron chi connectivity index (χ2n) is 9.86. The molecule has 0 spiro atoms. The maximum atomic E-state index is 14.9. The summed E-state index contributed by atoms with van der Waals surface area (Å²) in [6.07, 6.45) is -11.2. The summed E-state index contributed by atoms with van der Waals surface area (Å²) in [6.45, 7) is 0. The number of rotatable bonds is 10. The quantitative estimate of drug-likeness (QED) is 0.234. The standard InChI is InChI=1S/C29H26F8N2O3/c30-21-14-20(15-24(16-21)41-28(33,34)25(31)32)27(17-18-6-2-1-3-7-18,39-26(40)38-22-8-4-5-9-22)19-10-12-23(13-11-19)42-29(35,36)37/h1-3,6-7,10-16,22,25H,4-5,8-9,17H2,(H2,38,39,40). The maximum absolute atomic E-state index is 14.9. The number of carbonyl (C=O) groups excluding carboxylic acids is 1. The third kappa shape index (κ3) is 7.83. The van der Waals surface area contributed by atoms with Gasteiger partial charge in [0.25, 0.3) is 0 Å². The fourth-order valence-corrected chi connectivity index (χ4v) is 4.96. The summed E-state index contributed by atoms with van der Waals surface area (Å²) in [5.41, 5.74) is -1.35. The topological polar surface area (TPSA) is 59.6 Å². The number of halogens is 8. The van der Waals surface area contributed by atoms with Gasteiger partial charge in [-0.3, -0.25) is 0 Å². The highest BCUT2D eigenvalue weighted by Crippen LogP contribution is 2.39. The number of hydrogen-bond acceptors (Lipinski definition) is 3. The van der Waals surface area contributed by atoms with Crippen molar-refractivity contribution in [1.82, 2.24) is 10.6 Å². The van der Waals surface area contributed by atoms with Gasteiger partial charge in [0.15, 0.2) is 0 Å². The van der Waals surface area contributed by atoms with Crippen molar-refractivity contribution in [1.29, 1.82) is 0 Å². The van der Waals surface area contributed by atoms with Crippen LogP contribution < -0.4 is 20.1 Å². The predicted octanol–water partition coefficient (Wildman–Crippen LogP) is 7.69. The van der Waals surface area contributed by atoms with Crippen molar-refractivity contribution in [3.63, 3.8) is 0 Å². The second kappa shape index (κ2) is 12.5. The van der Waals surface area contributed by atoms with E-state index in [9.17, 15) is 39.9 Å². The van der Waals surface area contributed by atoms with Gasteiger partial charge >= 0.3 is 24.9 Å². The molecular weight excluding hydrogens is 576 g/mol. The Balaban J connectivity index is 1.87. The van der Waals surface area contributed by atoms with Gasteiger partial charge in [-0.15, -0.1) is 13.2 Å². The normalized spacial score (nSPS) is 15.7. The number of ether oxygens (including phenoxy) is 2. The van der Waals surface area contributed by atoms with E-state index in [0.29, 0.717) is 24.5 Å². The molecule has 1 atom stereocenters. The van der Waals surface area contributed by atoms with Crippen LogP contribution in [0.1, 0.15) is 42.4 Å². The van der Waals surface area contributed by atoms with Gasteiger partial charge in [-0.1, -0.05) is 55.3 Å². The Morgan fingerprint density at radius 2 is 1.48 bits per heavy atom. The van der Waals surface area contributed by atoms with Crippen LogP contribution in [0.2, 0.25) is 0 Å². The number of benzene rings is 3. The molecule has 0 bridgehead atoms. The first-order valence-corrected chi connectivity index (χ1v) is 12.9. The molecule has 13 heteroatoms. The number of hydrogen-bond donors (Lipinski definition) is 2. The summed E-state index contributed by atoms with van der Waals surface area (Å²) in [5, 5.41) is 5.59. The van der Waals surface area contributed by atoms with Crippen molar-refractivity contribution < 1.29 is 49.4 Å². The lowest BCUT2D eigenvalue weighted by Crippen LogP contribution is -2.53. The van der Waals surface area contributed by atoms with E-state index in [2.05, 4.69) is 20.1 Å². The number of amides is 2. The molecule has 0 radical (unpaired) electrons. The van der Waals surface area contributed by atoms with Crippen LogP contribution in [-0.4, -0.2) is 31.0 Å². The van der Waals surface area contributed by atoms with Gasteiger partial charge < -0.3 is 20.1 Å². The molecule has 1 fully saturated rings. The molecule has 1 unspecified atom stereocenters. The van der Waals surface area contributed by atoms with Gasteiger partial charge in [0.1, 0.15) is 17.3 Å². The van der Waals surface area contributed by atoms with Crippen molar-refractivity contribution >= 4 is 6.03 Å². The zero-order valence-electron chi connectivity index (χ0n) is 21.9. The van der Waals surface area contributed by atoms with Crippen LogP contribution in [0.3, 0.4) is 0 Å². The molecule has 0 saturated heterocycles. The molecule has 1 aliphatic carbocycles. The minimum absolute atomic E-state index is 0.111. The second-order valence-corrected chi connectivity index (χ2v) is 9.86. The minimum atomic E-state index is -4.99. The van der Waals surface area contributed by atoms with Crippen LogP contribution >= 0.6 is 0 Å². The molecule has 2 N–H and O–H groups in total. The molecule has 4 rings (SSSR count). The van der Waals surface area contributed by atoms with E-state index < -0.39 is 47.8 Å². The van der Waals surface area contributed by atoms with E-state index in [-0.39, 0.29) is 23.6 Å². The summed E-state index contributed by atoms with van der Waals surface area (Å²) in [6, 6.07) is 14.0. The molecule has 3 aromatic carbocycles. The van der Waals surface area contributed by atoms with Gasteiger partial charge in [-0.2, -0.15) is 17.6 Å². The Morgan fingerprint density at radius 3 is 2.07 bits per heavy atom. The van der Waals surface area contributed by atoms with E-state index in [1.165, 1.54) is 12.1 Å². The van der Waals surface area contributed by atoms with E-state index in [1.54, 1.807) is 30.3 Å². The van der Waals surface area contributed by atoms with Crippen LogP contribution in [0.5, 0.6) is 11.5 Å². The lowest BCUT2D eigenvalue weighted by Gasteiger charge is -2.37. The smallest absolute Gasteiger partial charge is 0.428 e. The summed E-state index contributed by atoms with van der Waals surface area (Å²) < 4.78 is 115. The summed E-state index contributed by atoms with van der Waals surface area (Å²) in [7, 11) is 0. The Labute approximate surface area is 235 Å². The Hall–Kier alpha value is -4.03. The van der Waals surface area contributed by atoms with Crippen molar-refractivity contribution in [2.24, 2.45) is 0 Å². The zero-order valence-corrected chi connectivity index (χ0v) is 21.9. The van der Waals surface area contributed by atoms with Crippen LogP contribution in [0, 0.1) is 5.82 Å². The monoisotopic (exact) mass is 602 g/mol. The molecule has 1 aliphatic rings. The van der Waals surface area contributed by atoms with Gasteiger partial charge in [-0.05, 0) is 53.8 Å². The number of nitrogens with one attached hydrogen (secondary N) is 2. The molecule has 42 heavy (non-hydrogen) atoms. The molecule has 0 aromatic heterocycles. The molecule has 3 aromatic rings. The van der Waals surface area contributed by atoms with Gasteiger partial charge in [0.05, 0.1) is 5.54 Å². The molecule has 226 valence electrons. The van der Waals surface area contributed by atoms with Gasteiger partial charge in [0.2, 0.25) is 0 Å². The summed E-state index contributed by atoms with van der Waals surface area (Å²) >= 11 is 0.